The average Bonchev–Trinajstić information content (AvgIpc) is 2.38. The van der Waals surface area contributed by atoms with E-state index in [0.717, 1.165) is 12.2 Å². The summed E-state index contributed by atoms with van der Waals surface area (Å²) in [4.78, 5) is 24.0. The number of hydrogen-bond donors (Lipinski definition) is 1. The molecule has 100 valence electrons. The number of ketones is 2. The van der Waals surface area contributed by atoms with Gasteiger partial charge in [-0.2, -0.15) is 11.8 Å². The number of carbonyl (C=O) groups is 2. The summed E-state index contributed by atoms with van der Waals surface area (Å²) in [7, 11) is 0. The maximum atomic E-state index is 12.0. The van der Waals surface area contributed by atoms with Crippen molar-refractivity contribution >= 4 is 23.3 Å². The summed E-state index contributed by atoms with van der Waals surface area (Å²) in [6, 6.07) is 0. The van der Waals surface area contributed by atoms with Crippen LogP contribution in [-0.4, -0.2) is 28.2 Å². The lowest BCUT2D eigenvalue weighted by molar-refractivity contribution is -0.126. The molecule has 0 aromatic rings. The first-order valence-electron chi connectivity index (χ1n) is 6.69. The van der Waals surface area contributed by atoms with Crippen molar-refractivity contribution in [2.45, 2.75) is 39.0 Å². The zero-order valence-corrected chi connectivity index (χ0v) is 11.6. The Balaban J connectivity index is 2.09. The Kier molecular flexibility index (Phi) is 4.49. The standard InChI is InChI=1S/C14H20O3S/c1-2-11(15)14-12(16)6-10(7-13(14)17)9-4-3-5-18-8-9/h9-10,15H,2-8H2,1H3. The molecule has 1 heterocycles. The minimum Gasteiger partial charge on any atom is -0.511 e. The van der Waals surface area contributed by atoms with E-state index in [-0.39, 0.29) is 28.8 Å². The summed E-state index contributed by atoms with van der Waals surface area (Å²) in [5.41, 5.74) is 0.0808. The first kappa shape index (κ1) is 13.7. The Labute approximate surface area is 112 Å². The van der Waals surface area contributed by atoms with Crippen LogP contribution in [0.25, 0.3) is 0 Å². The highest BCUT2D eigenvalue weighted by Gasteiger charge is 2.36. The van der Waals surface area contributed by atoms with Crippen LogP contribution in [0.3, 0.4) is 0 Å². The Bertz CT molecular complexity index is 361. The van der Waals surface area contributed by atoms with Gasteiger partial charge in [0.15, 0.2) is 11.6 Å². The molecule has 0 spiro atoms. The van der Waals surface area contributed by atoms with E-state index in [4.69, 9.17) is 0 Å². The Morgan fingerprint density at radius 1 is 1.28 bits per heavy atom. The highest BCUT2D eigenvalue weighted by atomic mass is 32.2. The second kappa shape index (κ2) is 5.91. The van der Waals surface area contributed by atoms with Crippen LogP contribution in [0.5, 0.6) is 0 Å². The van der Waals surface area contributed by atoms with E-state index in [1.807, 2.05) is 11.8 Å². The summed E-state index contributed by atoms with van der Waals surface area (Å²) in [6.45, 7) is 1.76. The number of thioether (sulfide) groups is 1. The third kappa shape index (κ3) is 2.79. The summed E-state index contributed by atoms with van der Waals surface area (Å²) in [6.07, 6.45) is 3.57. The van der Waals surface area contributed by atoms with E-state index < -0.39 is 0 Å². The summed E-state index contributed by atoms with van der Waals surface area (Å²) < 4.78 is 0. The molecule has 1 N–H and O–H groups in total. The Morgan fingerprint density at radius 3 is 2.44 bits per heavy atom. The molecule has 3 nitrogen and oxygen atoms in total. The molecule has 0 radical (unpaired) electrons. The van der Waals surface area contributed by atoms with Gasteiger partial charge < -0.3 is 5.11 Å². The van der Waals surface area contributed by atoms with Gasteiger partial charge in [-0.1, -0.05) is 6.92 Å². The van der Waals surface area contributed by atoms with Crippen molar-refractivity contribution < 1.29 is 14.7 Å². The zero-order chi connectivity index (χ0) is 13.1. The molecule has 1 unspecified atom stereocenters. The van der Waals surface area contributed by atoms with Crippen LogP contribution >= 0.6 is 11.8 Å². The zero-order valence-electron chi connectivity index (χ0n) is 10.8. The van der Waals surface area contributed by atoms with Gasteiger partial charge in [0.2, 0.25) is 0 Å². The second-order valence-corrected chi connectivity index (χ2v) is 6.32. The molecule has 2 rings (SSSR count). The molecule has 1 saturated carbocycles. The number of Topliss-reactive ketones (excluding diaryl/α,β-unsaturated/α-hetero) is 2. The van der Waals surface area contributed by atoms with Crippen LogP contribution in [0.4, 0.5) is 0 Å². The lowest BCUT2D eigenvalue weighted by Gasteiger charge is -2.32. The number of aliphatic hydroxyl groups is 1. The molecule has 1 aliphatic carbocycles. The fraction of sp³-hybridized carbons (Fsp3) is 0.714. The van der Waals surface area contributed by atoms with Crippen LogP contribution < -0.4 is 0 Å². The Hall–Kier alpha value is -0.770. The van der Waals surface area contributed by atoms with Gasteiger partial charge in [-0.3, -0.25) is 9.59 Å². The van der Waals surface area contributed by atoms with Crippen molar-refractivity contribution in [1.29, 1.82) is 0 Å². The summed E-state index contributed by atoms with van der Waals surface area (Å²) in [5.74, 6) is 2.66. The highest BCUT2D eigenvalue weighted by molar-refractivity contribution is 7.99. The van der Waals surface area contributed by atoms with E-state index in [1.165, 1.54) is 12.2 Å². The molecule has 0 aromatic carbocycles. The molecule has 1 atom stereocenters. The SMILES string of the molecule is CCC(O)=C1C(=O)CC(C2CCCSC2)CC1=O. The fourth-order valence-electron chi connectivity index (χ4n) is 2.88. The molecule has 1 aliphatic heterocycles. The predicted molar refractivity (Wildman–Crippen MR) is 72.7 cm³/mol. The van der Waals surface area contributed by atoms with Crippen LogP contribution in [0.1, 0.15) is 39.0 Å². The lowest BCUT2D eigenvalue weighted by atomic mass is 9.75. The van der Waals surface area contributed by atoms with Crippen molar-refractivity contribution in [1.82, 2.24) is 0 Å². The smallest absolute Gasteiger partial charge is 0.170 e. The predicted octanol–water partition coefficient (Wildman–Crippen LogP) is 2.90. The molecule has 2 fully saturated rings. The van der Waals surface area contributed by atoms with Gasteiger partial charge in [0.25, 0.3) is 0 Å². The van der Waals surface area contributed by atoms with Crippen LogP contribution in [-0.2, 0) is 9.59 Å². The summed E-state index contributed by atoms with van der Waals surface area (Å²) >= 11 is 1.93. The van der Waals surface area contributed by atoms with Gasteiger partial charge in [0.1, 0.15) is 5.76 Å². The minimum atomic E-state index is -0.147. The van der Waals surface area contributed by atoms with E-state index in [2.05, 4.69) is 0 Å². The molecule has 4 heteroatoms. The number of hydrogen-bond acceptors (Lipinski definition) is 4. The van der Waals surface area contributed by atoms with Crippen molar-refractivity contribution in [3.8, 4) is 0 Å². The molecule has 0 bridgehead atoms. The third-order valence-corrected chi connectivity index (χ3v) is 5.18. The molecular weight excluding hydrogens is 248 g/mol. The van der Waals surface area contributed by atoms with Crippen LogP contribution in [0.15, 0.2) is 11.3 Å². The first-order chi connectivity index (χ1) is 8.63. The van der Waals surface area contributed by atoms with Crippen molar-refractivity contribution in [3.63, 3.8) is 0 Å². The van der Waals surface area contributed by atoms with Gasteiger partial charge in [-0.05, 0) is 36.2 Å². The van der Waals surface area contributed by atoms with Crippen molar-refractivity contribution in [2.24, 2.45) is 11.8 Å². The van der Waals surface area contributed by atoms with E-state index in [9.17, 15) is 14.7 Å². The Morgan fingerprint density at radius 2 is 1.94 bits per heavy atom. The van der Waals surface area contributed by atoms with Gasteiger partial charge in [0, 0.05) is 19.3 Å². The van der Waals surface area contributed by atoms with Crippen molar-refractivity contribution in [2.75, 3.05) is 11.5 Å². The van der Waals surface area contributed by atoms with E-state index >= 15 is 0 Å². The van der Waals surface area contributed by atoms with Crippen LogP contribution in [0, 0.1) is 11.8 Å². The summed E-state index contributed by atoms with van der Waals surface area (Å²) in [5, 5.41) is 9.65. The van der Waals surface area contributed by atoms with E-state index in [1.54, 1.807) is 6.92 Å². The van der Waals surface area contributed by atoms with Gasteiger partial charge >= 0.3 is 0 Å². The van der Waals surface area contributed by atoms with Gasteiger partial charge in [0.05, 0.1) is 5.57 Å². The van der Waals surface area contributed by atoms with Gasteiger partial charge in [-0.15, -0.1) is 0 Å². The fourth-order valence-corrected chi connectivity index (χ4v) is 4.16. The normalized spacial score (nSPS) is 29.5. The van der Waals surface area contributed by atoms with E-state index in [0.29, 0.717) is 25.2 Å². The third-order valence-electron chi connectivity index (χ3n) is 3.94. The molecule has 18 heavy (non-hydrogen) atoms. The molecule has 2 aliphatic rings. The molecular formula is C14H20O3S. The average molecular weight is 268 g/mol. The maximum Gasteiger partial charge on any atom is 0.170 e. The number of rotatable bonds is 2. The first-order valence-corrected chi connectivity index (χ1v) is 7.85. The van der Waals surface area contributed by atoms with Crippen LogP contribution in [0.2, 0.25) is 0 Å². The highest BCUT2D eigenvalue weighted by Crippen LogP contribution is 2.36. The molecule has 0 aromatic heterocycles. The quantitative estimate of drug-likeness (QED) is 0.475. The molecule has 0 amide bonds. The monoisotopic (exact) mass is 268 g/mol. The maximum absolute atomic E-state index is 12.0. The van der Waals surface area contributed by atoms with Crippen molar-refractivity contribution in [3.05, 3.63) is 11.3 Å². The van der Waals surface area contributed by atoms with Gasteiger partial charge in [-0.25, -0.2) is 0 Å². The largest absolute Gasteiger partial charge is 0.511 e. The molecule has 1 saturated heterocycles. The lowest BCUT2D eigenvalue weighted by Crippen LogP contribution is -2.33. The topological polar surface area (TPSA) is 54.4 Å². The number of allylic oxidation sites excluding steroid dienone is 2. The minimum absolute atomic E-state index is 0.0264. The second-order valence-electron chi connectivity index (χ2n) is 5.17. The number of aliphatic hydroxyl groups excluding tert-OH is 1. The number of carbonyl (C=O) groups excluding carboxylic acids is 2.